The van der Waals surface area contributed by atoms with E-state index in [2.05, 4.69) is 15.3 Å². The summed E-state index contributed by atoms with van der Waals surface area (Å²) in [6.45, 7) is 10.5. The lowest BCUT2D eigenvalue weighted by Gasteiger charge is -2.22. The molecule has 0 saturated carbocycles. The standard InChI is InChI=1S/C24H32FN5O3S/c1-13-9-18(28-24(3,4)5)26-10-15(13)20-19(22(32)30-8-6-7-14(30)2)27-21(34-20)23(33)29-11-16(25)17(31)12-29/h9-10,14,16-17,31H,6-8,11-12H2,1-5H3,(H,26,28)/t14-,16+,17+/m0/s1. The number of aromatic nitrogens is 2. The van der Waals surface area contributed by atoms with Crippen LogP contribution in [0.3, 0.4) is 0 Å². The van der Waals surface area contributed by atoms with Crippen LogP contribution in [0.15, 0.2) is 12.3 Å². The zero-order valence-corrected chi connectivity index (χ0v) is 21.1. The molecule has 184 valence electrons. The molecule has 0 aliphatic carbocycles. The number of carbonyl (C=O) groups excluding carboxylic acids is 2. The average molecular weight is 490 g/mol. The summed E-state index contributed by atoms with van der Waals surface area (Å²) in [5, 5.41) is 13.2. The molecule has 4 rings (SSSR count). The molecule has 0 bridgehead atoms. The zero-order chi connectivity index (χ0) is 24.8. The highest BCUT2D eigenvalue weighted by Gasteiger charge is 2.37. The van der Waals surface area contributed by atoms with E-state index in [1.807, 2.05) is 40.7 Å². The molecule has 2 saturated heterocycles. The molecule has 0 unspecified atom stereocenters. The molecular weight excluding hydrogens is 457 g/mol. The molecule has 8 nitrogen and oxygen atoms in total. The Morgan fingerprint density at radius 1 is 1.26 bits per heavy atom. The van der Waals surface area contributed by atoms with Crippen molar-refractivity contribution < 1.29 is 19.1 Å². The van der Waals surface area contributed by atoms with E-state index < -0.39 is 18.2 Å². The number of likely N-dealkylation sites (tertiary alicyclic amines) is 2. The van der Waals surface area contributed by atoms with E-state index in [1.165, 1.54) is 4.90 Å². The number of alkyl halides is 1. The normalized spacial score (nSPS) is 23.0. The number of carbonyl (C=O) groups is 2. The molecule has 34 heavy (non-hydrogen) atoms. The van der Waals surface area contributed by atoms with Crippen LogP contribution in [-0.4, -0.2) is 80.2 Å². The number of aliphatic hydroxyl groups is 1. The van der Waals surface area contributed by atoms with Gasteiger partial charge in [0.2, 0.25) is 0 Å². The molecule has 2 aliphatic heterocycles. The fourth-order valence-corrected chi connectivity index (χ4v) is 5.50. The van der Waals surface area contributed by atoms with E-state index in [1.54, 1.807) is 11.1 Å². The van der Waals surface area contributed by atoms with Crippen molar-refractivity contribution in [1.29, 1.82) is 0 Å². The summed E-state index contributed by atoms with van der Waals surface area (Å²) in [6.07, 6.45) is 0.865. The van der Waals surface area contributed by atoms with Gasteiger partial charge >= 0.3 is 0 Å². The Kier molecular flexibility index (Phi) is 6.65. The predicted molar refractivity (Wildman–Crippen MR) is 130 cm³/mol. The van der Waals surface area contributed by atoms with E-state index in [9.17, 15) is 19.1 Å². The van der Waals surface area contributed by atoms with Crippen LogP contribution in [0, 0.1) is 6.92 Å². The summed E-state index contributed by atoms with van der Waals surface area (Å²) >= 11 is 1.12. The number of rotatable bonds is 4. The van der Waals surface area contributed by atoms with Gasteiger partial charge in [-0.3, -0.25) is 9.59 Å². The van der Waals surface area contributed by atoms with Gasteiger partial charge in [0.05, 0.1) is 18.0 Å². The summed E-state index contributed by atoms with van der Waals surface area (Å²) in [5.74, 6) is 0.0302. The van der Waals surface area contributed by atoms with Crippen molar-refractivity contribution >= 4 is 29.0 Å². The minimum atomic E-state index is -1.48. The first-order valence-electron chi connectivity index (χ1n) is 11.6. The summed E-state index contributed by atoms with van der Waals surface area (Å²) < 4.78 is 13.8. The lowest BCUT2D eigenvalue weighted by Crippen LogP contribution is -2.34. The van der Waals surface area contributed by atoms with Crippen molar-refractivity contribution in [3.8, 4) is 10.4 Å². The summed E-state index contributed by atoms with van der Waals surface area (Å²) in [5.41, 5.74) is 1.69. The fourth-order valence-electron chi connectivity index (χ4n) is 4.40. The Hall–Kier alpha value is -2.59. The maximum absolute atomic E-state index is 13.8. The zero-order valence-electron chi connectivity index (χ0n) is 20.3. The van der Waals surface area contributed by atoms with Gasteiger partial charge in [-0.25, -0.2) is 14.4 Å². The van der Waals surface area contributed by atoms with E-state index >= 15 is 0 Å². The molecule has 0 aromatic carbocycles. The predicted octanol–water partition coefficient (Wildman–Crippen LogP) is 3.50. The van der Waals surface area contributed by atoms with Crippen LogP contribution in [-0.2, 0) is 0 Å². The second-order valence-corrected chi connectivity index (χ2v) is 11.2. The number of thiazole rings is 1. The number of aryl methyl sites for hydroxylation is 1. The molecule has 10 heteroatoms. The monoisotopic (exact) mass is 489 g/mol. The number of amides is 2. The van der Waals surface area contributed by atoms with Crippen molar-refractivity contribution in [3.05, 3.63) is 28.5 Å². The topological polar surface area (TPSA) is 98.7 Å². The molecule has 2 amide bonds. The first kappa shape index (κ1) is 24.5. The quantitative estimate of drug-likeness (QED) is 0.682. The first-order chi connectivity index (χ1) is 15.9. The van der Waals surface area contributed by atoms with E-state index in [0.29, 0.717) is 11.4 Å². The number of pyridine rings is 1. The highest BCUT2D eigenvalue weighted by atomic mass is 32.1. The Bertz CT molecular complexity index is 1090. The Morgan fingerprint density at radius 2 is 2.00 bits per heavy atom. The molecule has 3 atom stereocenters. The summed E-state index contributed by atoms with van der Waals surface area (Å²) in [6, 6.07) is 2.01. The van der Waals surface area contributed by atoms with Gasteiger partial charge in [-0.05, 0) is 59.1 Å². The molecule has 0 radical (unpaired) electrons. The van der Waals surface area contributed by atoms with E-state index in [4.69, 9.17) is 0 Å². The van der Waals surface area contributed by atoms with Crippen LogP contribution < -0.4 is 5.32 Å². The van der Waals surface area contributed by atoms with Crippen LogP contribution >= 0.6 is 11.3 Å². The molecular formula is C24H32FN5O3S. The molecule has 2 N–H and O–H groups in total. The lowest BCUT2D eigenvalue weighted by atomic mass is 10.1. The number of hydrogen-bond acceptors (Lipinski definition) is 7. The van der Waals surface area contributed by atoms with Crippen molar-refractivity contribution in [3.63, 3.8) is 0 Å². The lowest BCUT2D eigenvalue weighted by molar-refractivity contribution is 0.0741. The largest absolute Gasteiger partial charge is 0.388 e. The van der Waals surface area contributed by atoms with Gasteiger partial charge in [0.15, 0.2) is 5.01 Å². The molecule has 2 aromatic rings. The number of β-amino-alcohol motifs (C(OH)–C–C–N with tert-alkyl or cyclic N) is 1. The van der Waals surface area contributed by atoms with E-state index in [-0.39, 0.29) is 41.3 Å². The first-order valence-corrected chi connectivity index (χ1v) is 12.4. The smallest absolute Gasteiger partial charge is 0.283 e. The summed E-state index contributed by atoms with van der Waals surface area (Å²) in [4.78, 5) is 39.2. The van der Waals surface area contributed by atoms with Gasteiger partial charge in [-0.1, -0.05) is 0 Å². The van der Waals surface area contributed by atoms with Gasteiger partial charge in [-0.2, -0.15) is 0 Å². The van der Waals surface area contributed by atoms with Crippen molar-refractivity contribution in [2.75, 3.05) is 25.0 Å². The van der Waals surface area contributed by atoms with Crippen LogP contribution in [0.1, 0.15) is 66.4 Å². The number of aliphatic hydroxyl groups excluding tert-OH is 1. The number of nitrogens with one attached hydrogen (secondary N) is 1. The highest BCUT2D eigenvalue weighted by Crippen LogP contribution is 2.36. The second kappa shape index (κ2) is 9.22. The third kappa shape index (κ3) is 4.93. The van der Waals surface area contributed by atoms with E-state index in [0.717, 1.165) is 41.1 Å². The van der Waals surface area contributed by atoms with Crippen molar-refractivity contribution in [1.82, 2.24) is 19.8 Å². The number of anilines is 1. The number of hydrogen-bond donors (Lipinski definition) is 2. The Balaban J connectivity index is 1.73. The average Bonchev–Trinajstić information content (AvgIpc) is 3.45. The molecule has 2 aromatic heterocycles. The maximum Gasteiger partial charge on any atom is 0.283 e. The van der Waals surface area contributed by atoms with Crippen LogP contribution in [0.25, 0.3) is 10.4 Å². The highest BCUT2D eigenvalue weighted by molar-refractivity contribution is 7.17. The Labute approximate surface area is 203 Å². The van der Waals surface area contributed by atoms with Crippen LogP contribution in [0.4, 0.5) is 10.2 Å². The van der Waals surface area contributed by atoms with Gasteiger partial charge < -0.3 is 20.2 Å². The van der Waals surface area contributed by atoms with Crippen LogP contribution in [0.2, 0.25) is 0 Å². The van der Waals surface area contributed by atoms with Crippen molar-refractivity contribution in [2.24, 2.45) is 0 Å². The Morgan fingerprint density at radius 3 is 2.56 bits per heavy atom. The minimum absolute atomic E-state index is 0.0882. The van der Waals surface area contributed by atoms with Gasteiger partial charge in [-0.15, -0.1) is 11.3 Å². The van der Waals surface area contributed by atoms with Crippen molar-refractivity contribution in [2.45, 2.75) is 71.3 Å². The van der Waals surface area contributed by atoms with Gasteiger partial charge in [0, 0.05) is 29.9 Å². The fraction of sp³-hybridized carbons (Fsp3) is 0.583. The molecule has 2 aliphatic rings. The minimum Gasteiger partial charge on any atom is -0.388 e. The maximum atomic E-state index is 13.8. The third-order valence-corrected chi connectivity index (χ3v) is 7.27. The second-order valence-electron chi connectivity index (χ2n) is 10.2. The third-order valence-electron chi connectivity index (χ3n) is 6.19. The van der Waals surface area contributed by atoms with Crippen LogP contribution in [0.5, 0.6) is 0 Å². The SMILES string of the molecule is Cc1cc(NC(C)(C)C)ncc1-c1sc(C(=O)N2C[C@@H](O)[C@H](F)C2)nc1C(=O)N1CCC[C@@H]1C. The number of halogens is 1. The molecule has 4 heterocycles. The van der Waals surface area contributed by atoms with Gasteiger partial charge in [0.1, 0.15) is 23.8 Å². The van der Waals surface area contributed by atoms with Gasteiger partial charge in [0.25, 0.3) is 11.8 Å². The summed E-state index contributed by atoms with van der Waals surface area (Å²) in [7, 11) is 0. The molecule has 2 fully saturated rings. The number of nitrogens with zero attached hydrogens (tertiary/aromatic N) is 4. The molecule has 0 spiro atoms.